The van der Waals surface area contributed by atoms with Gasteiger partial charge < -0.3 is 13.6 Å². The van der Waals surface area contributed by atoms with Gasteiger partial charge in [-0.1, -0.05) is 12.7 Å². The smallest absolute Gasteiger partial charge is 0.414 e. The Bertz CT molecular complexity index is 320. The second kappa shape index (κ2) is 8.79. The van der Waals surface area contributed by atoms with Crippen LogP contribution in [0.1, 0.15) is 13.3 Å². The first-order valence-corrected chi connectivity index (χ1v) is 7.65. The normalized spacial score (nSPS) is 11.5. The summed E-state index contributed by atoms with van der Waals surface area (Å²) in [4.78, 5) is 22.8. The summed E-state index contributed by atoms with van der Waals surface area (Å²) in [5.41, 5.74) is 0. The van der Waals surface area contributed by atoms with Gasteiger partial charge in [-0.2, -0.15) is 0 Å². The van der Waals surface area contributed by atoms with Crippen molar-refractivity contribution in [1.82, 2.24) is 0 Å². The number of carbonyl (C=O) groups is 2. The van der Waals surface area contributed by atoms with Gasteiger partial charge >= 0.3 is 14.5 Å². The predicted octanol–water partition coefficient (Wildman–Crippen LogP) is 1.53. The monoisotopic (exact) mass is 272 g/mol. The maximum Gasteiger partial charge on any atom is 0.414 e. The molecule has 0 saturated carbocycles. The van der Waals surface area contributed by atoms with Crippen LogP contribution in [0.25, 0.3) is 0 Å². The fourth-order valence-electron chi connectivity index (χ4n) is 1.43. The summed E-state index contributed by atoms with van der Waals surface area (Å²) in [6, 6.07) is 0.438. The molecule has 0 bridgehead atoms. The van der Waals surface area contributed by atoms with Crippen LogP contribution in [0, 0.1) is 0 Å². The molecule has 18 heavy (non-hydrogen) atoms. The van der Waals surface area contributed by atoms with Gasteiger partial charge in [0.2, 0.25) is 0 Å². The number of rotatable bonds is 9. The molecule has 0 fully saturated rings. The molecular weight excluding hydrogens is 252 g/mol. The van der Waals surface area contributed by atoms with Crippen LogP contribution in [0.5, 0.6) is 0 Å². The molecule has 0 unspecified atom stereocenters. The second-order valence-corrected chi connectivity index (χ2v) is 6.82. The zero-order chi connectivity index (χ0) is 14.0. The first-order chi connectivity index (χ1) is 8.56. The summed E-state index contributed by atoms with van der Waals surface area (Å²) in [5.74, 6) is -0.475. The molecule has 5 nitrogen and oxygen atoms in total. The van der Waals surface area contributed by atoms with Crippen LogP contribution in [0.15, 0.2) is 24.8 Å². The molecular formula is C12H20O5Si. The van der Waals surface area contributed by atoms with Crippen molar-refractivity contribution >= 4 is 19.9 Å². The Morgan fingerprint density at radius 2 is 1.89 bits per heavy atom. The van der Waals surface area contributed by atoms with Crippen LogP contribution in [0.4, 0.5) is 0 Å². The standard InChI is InChI=1S/C12H20O5Si/c1-5-8-12(14)18(15-3,16-4)10-7-9-17-11(13)6-2/h5-6,8H,2,7,9-10H2,1,3-4H3. The van der Waals surface area contributed by atoms with Gasteiger partial charge in [-0.25, -0.2) is 4.79 Å². The van der Waals surface area contributed by atoms with Gasteiger partial charge in [-0.05, 0) is 19.4 Å². The molecule has 0 aliphatic heterocycles. The zero-order valence-corrected chi connectivity index (χ0v) is 12.1. The summed E-state index contributed by atoms with van der Waals surface area (Å²) in [6.07, 6.45) is 4.72. The SMILES string of the molecule is C=CC(=O)OCCC[Si](OC)(OC)C(=O)C=CC. The summed E-state index contributed by atoms with van der Waals surface area (Å²) >= 11 is 0. The maximum atomic E-state index is 11.9. The van der Waals surface area contributed by atoms with Crippen molar-refractivity contribution in [2.24, 2.45) is 0 Å². The molecule has 0 atom stereocenters. The summed E-state index contributed by atoms with van der Waals surface area (Å²) in [7, 11) is 0.0375. The lowest BCUT2D eigenvalue weighted by Gasteiger charge is -2.24. The van der Waals surface area contributed by atoms with E-state index in [1.165, 1.54) is 20.3 Å². The maximum absolute atomic E-state index is 11.9. The molecule has 0 saturated heterocycles. The fraction of sp³-hybridized carbons (Fsp3) is 0.500. The predicted molar refractivity (Wildman–Crippen MR) is 70.2 cm³/mol. The third-order valence-electron chi connectivity index (χ3n) is 2.41. The molecule has 0 N–H and O–H groups in total. The summed E-state index contributed by atoms with van der Waals surface area (Å²) in [5, 5.41) is -0.134. The van der Waals surface area contributed by atoms with Crippen molar-refractivity contribution in [2.45, 2.75) is 19.4 Å². The number of esters is 1. The van der Waals surface area contributed by atoms with E-state index in [0.29, 0.717) is 12.5 Å². The van der Waals surface area contributed by atoms with Gasteiger partial charge in [-0.15, -0.1) is 0 Å². The Hall–Kier alpha value is -1.24. The molecule has 0 aliphatic carbocycles. The highest BCUT2D eigenvalue weighted by Crippen LogP contribution is 2.16. The van der Waals surface area contributed by atoms with Crippen molar-refractivity contribution in [3.8, 4) is 0 Å². The van der Waals surface area contributed by atoms with Crippen LogP contribution in [0.2, 0.25) is 6.04 Å². The van der Waals surface area contributed by atoms with Crippen molar-refractivity contribution in [1.29, 1.82) is 0 Å². The van der Waals surface area contributed by atoms with Crippen LogP contribution < -0.4 is 0 Å². The van der Waals surface area contributed by atoms with Crippen molar-refractivity contribution in [3.05, 3.63) is 24.8 Å². The van der Waals surface area contributed by atoms with Crippen molar-refractivity contribution in [3.63, 3.8) is 0 Å². The molecule has 0 aromatic heterocycles. The van der Waals surface area contributed by atoms with Gasteiger partial charge in [0.25, 0.3) is 0 Å². The largest absolute Gasteiger partial charge is 0.463 e. The van der Waals surface area contributed by atoms with Gasteiger partial charge in [0.05, 0.1) is 6.61 Å². The Labute approximate surface area is 109 Å². The number of ether oxygens (including phenoxy) is 1. The average molecular weight is 272 g/mol. The zero-order valence-electron chi connectivity index (χ0n) is 11.1. The molecule has 0 aliphatic rings. The minimum atomic E-state index is -2.89. The summed E-state index contributed by atoms with van der Waals surface area (Å²) < 4.78 is 15.4. The van der Waals surface area contributed by atoms with Crippen molar-refractivity contribution < 1.29 is 23.2 Å². The molecule has 0 radical (unpaired) electrons. The molecule has 0 rings (SSSR count). The van der Waals surface area contributed by atoms with Crippen LogP contribution in [-0.4, -0.2) is 40.8 Å². The molecule has 0 aromatic rings. The lowest BCUT2D eigenvalue weighted by atomic mass is 10.5. The highest BCUT2D eigenvalue weighted by molar-refractivity contribution is 6.98. The van der Waals surface area contributed by atoms with E-state index in [2.05, 4.69) is 6.58 Å². The number of allylic oxidation sites excluding steroid dienone is 2. The van der Waals surface area contributed by atoms with Gasteiger partial charge in [-0.3, -0.25) is 4.79 Å². The van der Waals surface area contributed by atoms with Crippen LogP contribution >= 0.6 is 0 Å². The minimum Gasteiger partial charge on any atom is -0.463 e. The second-order valence-electron chi connectivity index (χ2n) is 3.50. The Balaban J connectivity index is 4.39. The Morgan fingerprint density at radius 3 is 2.33 bits per heavy atom. The van der Waals surface area contributed by atoms with Gasteiger partial charge in [0, 0.05) is 26.3 Å². The summed E-state index contributed by atoms with van der Waals surface area (Å²) in [6.45, 7) is 5.27. The lowest BCUT2D eigenvalue weighted by molar-refractivity contribution is -0.137. The van der Waals surface area contributed by atoms with E-state index < -0.39 is 14.5 Å². The molecule has 0 aromatic carbocycles. The number of hydrogen-bond donors (Lipinski definition) is 0. The van der Waals surface area contributed by atoms with E-state index in [1.807, 2.05) is 0 Å². The quantitative estimate of drug-likeness (QED) is 0.276. The number of hydrogen-bond acceptors (Lipinski definition) is 5. The first kappa shape index (κ1) is 16.8. The molecule has 102 valence electrons. The highest BCUT2D eigenvalue weighted by Gasteiger charge is 2.42. The molecule has 0 spiro atoms. The highest BCUT2D eigenvalue weighted by atomic mass is 28.4. The van der Waals surface area contributed by atoms with E-state index in [1.54, 1.807) is 13.0 Å². The Morgan fingerprint density at radius 1 is 1.28 bits per heavy atom. The topological polar surface area (TPSA) is 61.8 Å². The van der Waals surface area contributed by atoms with Crippen LogP contribution in [-0.2, 0) is 23.2 Å². The van der Waals surface area contributed by atoms with E-state index in [0.717, 1.165) is 6.08 Å². The van der Waals surface area contributed by atoms with Gasteiger partial charge in [0.15, 0.2) is 5.41 Å². The average Bonchev–Trinajstić information content (AvgIpc) is 2.39. The minimum absolute atomic E-state index is 0.134. The van der Waals surface area contributed by atoms with Crippen LogP contribution in [0.3, 0.4) is 0 Å². The van der Waals surface area contributed by atoms with Crippen molar-refractivity contribution in [2.75, 3.05) is 20.8 Å². The Kier molecular flexibility index (Phi) is 8.18. The fourth-order valence-corrected chi connectivity index (χ4v) is 3.68. The third kappa shape index (κ3) is 4.95. The number of carbonyl (C=O) groups excluding carboxylic acids is 2. The lowest BCUT2D eigenvalue weighted by Crippen LogP contribution is -2.48. The van der Waals surface area contributed by atoms with E-state index in [4.69, 9.17) is 13.6 Å². The third-order valence-corrected chi connectivity index (χ3v) is 5.66. The molecule has 6 heteroatoms. The molecule has 0 amide bonds. The van der Waals surface area contributed by atoms with E-state index >= 15 is 0 Å². The van der Waals surface area contributed by atoms with E-state index in [9.17, 15) is 9.59 Å². The van der Waals surface area contributed by atoms with E-state index in [-0.39, 0.29) is 12.0 Å². The first-order valence-electron chi connectivity index (χ1n) is 5.63. The molecule has 0 heterocycles. The van der Waals surface area contributed by atoms with Gasteiger partial charge in [0.1, 0.15) is 0 Å².